The molecule has 2 aromatic carbocycles. The highest BCUT2D eigenvalue weighted by atomic mass is 16.7. The first-order valence-corrected chi connectivity index (χ1v) is 8.98. The lowest BCUT2D eigenvalue weighted by Gasteiger charge is -2.22. The van der Waals surface area contributed by atoms with Crippen molar-refractivity contribution in [3.8, 4) is 0 Å². The van der Waals surface area contributed by atoms with E-state index in [0.717, 1.165) is 23.1 Å². The van der Waals surface area contributed by atoms with Crippen LogP contribution in [0.4, 0.5) is 4.79 Å². The number of carbonyl (C=O) groups excluding carboxylic acids is 2. The molecule has 0 N–H and O–H groups in total. The number of methoxy groups -OCH3 is 1. The molecule has 1 heterocycles. The highest BCUT2D eigenvalue weighted by molar-refractivity contribution is 5.83. The zero-order valence-electron chi connectivity index (χ0n) is 15.3. The predicted octanol–water partition coefficient (Wildman–Crippen LogP) is 3.89. The normalized spacial score (nSPS) is 16.8. The van der Waals surface area contributed by atoms with Crippen LogP contribution in [0.25, 0.3) is 5.57 Å². The van der Waals surface area contributed by atoms with Gasteiger partial charge in [-0.3, -0.25) is 9.69 Å². The van der Waals surface area contributed by atoms with E-state index in [9.17, 15) is 9.59 Å². The second-order valence-corrected chi connectivity index (χ2v) is 6.38. The van der Waals surface area contributed by atoms with Crippen molar-refractivity contribution in [3.63, 3.8) is 0 Å². The minimum atomic E-state index is -0.760. The first-order chi connectivity index (χ1) is 13.2. The van der Waals surface area contributed by atoms with Crippen molar-refractivity contribution >= 4 is 17.5 Å². The molecule has 1 aliphatic rings. The van der Waals surface area contributed by atoms with Crippen molar-refractivity contribution in [2.45, 2.75) is 19.1 Å². The molecule has 0 spiro atoms. The summed E-state index contributed by atoms with van der Waals surface area (Å²) in [6, 6.07) is 20.4. The molecule has 1 fully saturated rings. The maximum atomic E-state index is 11.8. The first-order valence-electron chi connectivity index (χ1n) is 8.98. The van der Waals surface area contributed by atoms with E-state index < -0.39 is 12.4 Å². The third-order valence-corrected chi connectivity index (χ3v) is 4.52. The average Bonchev–Trinajstić information content (AvgIpc) is 3.05. The van der Waals surface area contributed by atoms with Crippen LogP contribution in [0.1, 0.15) is 24.0 Å². The maximum absolute atomic E-state index is 11.8. The van der Waals surface area contributed by atoms with Gasteiger partial charge in [0.2, 0.25) is 0 Å². The molecule has 140 valence electrons. The van der Waals surface area contributed by atoms with Crippen LogP contribution in [0, 0.1) is 0 Å². The van der Waals surface area contributed by atoms with Crippen LogP contribution in [0.5, 0.6) is 0 Å². The van der Waals surface area contributed by atoms with Crippen molar-refractivity contribution in [2.75, 3.05) is 20.2 Å². The van der Waals surface area contributed by atoms with Gasteiger partial charge in [-0.25, -0.2) is 4.79 Å². The third-order valence-electron chi connectivity index (χ3n) is 4.52. The molecule has 0 aliphatic carbocycles. The largest absolute Gasteiger partial charge is 0.509 e. The molecule has 0 amide bonds. The van der Waals surface area contributed by atoms with E-state index in [1.807, 2.05) is 41.3 Å². The second kappa shape index (κ2) is 9.14. The molecular weight excluding hydrogens is 342 g/mol. The number of hydrogen-bond donors (Lipinski definition) is 0. The highest BCUT2D eigenvalue weighted by Gasteiger charge is 2.33. The van der Waals surface area contributed by atoms with Gasteiger partial charge in [-0.15, -0.1) is 0 Å². The van der Waals surface area contributed by atoms with Gasteiger partial charge in [-0.2, -0.15) is 0 Å². The summed E-state index contributed by atoms with van der Waals surface area (Å²) in [5.74, 6) is 0.0687. The number of carbonyl (C=O) groups is 2. The summed E-state index contributed by atoms with van der Waals surface area (Å²) < 4.78 is 9.74. The fourth-order valence-corrected chi connectivity index (χ4v) is 3.23. The fraction of sp³-hybridized carbons (Fsp3) is 0.273. The number of hydrogen-bond acceptors (Lipinski definition) is 5. The van der Waals surface area contributed by atoms with E-state index in [2.05, 4.69) is 35.1 Å². The summed E-state index contributed by atoms with van der Waals surface area (Å²) in [4.78, 5) is 25.0. The summed E-state index contributed by atoms with van der Waals surface area (Å²) in [6.07, 6.45) is 1.80. The Morgan fingerprint density at radius 3 is 2.22 bits per heavy atom. The number of benzene rings is 2. The Morgan fingerprint density at radius 1 is 1.07 bits per heavy atom. The van der Waals surface area contributed by atoms with Gasteiger partial charge >= 0.3 is 6.16 Å². The van der Waals surface area contributed by atoms with Gasteiger partial charge in [0.15, 0.2) is 12.0 Å². The monoisotopic (exact) mass is 365 g/mol. The van der Waals surface area contributed by atoms with E-state index in [-0.39, 0.29) is 12.2 Å². The fourth-order valence-electron chi connectivity index (χ4n) is 3.23. The van der Waals surface area contributed by atoms with Crippen LogP contribution in [0.2, 0.25) is 0 Å². The van der Waals surface area contributed by atoms with Crippen molar-refractivity contribution < 1.29 is 19.1 Å². The molecule has 5 nitrogen and oxygen atoms in total. The molecule has 0 bridgehead atoms. The average molecular weight is 365 g/mol. The molecule has 3 rings (SSSR count). The van der Waals surface area contributed by atoms with Crippen LogP contribution in [0.15, 0.2) is 66.7 Å². The number of ketones is 1. The number of likely N-dealkylation sites (tertiary alicyclic amines) is 1. The van der Waals surface area contributed by atoms with Gasteiger partial charge in [0, 0.05) is 6.54 Å². The van der Waals surface area contributed by atoms with Crippen LogP contribution >= 0.6 is 0 Å². The molecule has 5 heteroatoms. The predicted molar refractivity (Wildman–Crippen MR) is 103 cm³/mol. The van der Waals surface area contributed by atoms with Gasteiger partial charge in [0.05, 0.1) is 20.1 Å². The zero-order chi connectivity index (χ0) is 19.1. The lowest BCUT2D eigenvalue weighted by atomic mass is 9.97. The topological polar surface area (TPSA) is 55.8 Å². The smallest absolute Gasteiger partial charge is 0.438 e. The molecule has 1 atom stereocenters. The molecule has 0 radical (unpaired) electrons. The van der Waals surface area contributed by atoms with Gasteiger partial charge < -0.3 is 9.47 Å². The molecule has 0 saturated carbocycles. The number of nitrogens with zero attached hydrogens (tertiary/aromatic N) is 1. The van der Waals surface area contributed by atoms with E-state index in [1.54, 1.807) is 0 Å². The molecule has 0 unspecified atom stereocenters. The summed E-state index contributed by atoms with van der Waals surface area (Å²) in [5.41, 5.74) is 3.43. The quantitative estimate of drug-likeness (QED) is 0.727. The minimum Gasteiger partial charge on any atom is -0.438 e. The van der Waals surface area contributed by atoms with Crippen LogP contribution < -0.4 is 0 Å². The molecule has 27 heavy (non-hydrogen) atoms. The number of rotatable bonds is 6. The number of ether oxygens (including phenoxy) is 2. The standard InChI is InChI=1S/C22H23NO4/c1-26-22(25)27-21-15-19(24)16-23(21)14-8-13-20(17-9-4-2-5-10-17)18-11-6-3-7-12-18/h2-7,9-13,21H,8,14-16H2,1H3/t21-/m0/s1. The SMILES string of the molecule is COC(=O)O[C@H]1CC(=O)CN1CCC=C(c1ccccc1)c1ccccc1. The minimum absolute atomic E-state index is 0.0687. The van der Waals surface area contributed by atoms with Crippen LogP contribution in [-0.2, 0) is 14.3 Å². The van der Waals surface area contributed by atoms with E-state index in [0.29, 0.717) is 13.1 Å². The Hall–Kier alpha value is -2.92. The Balaban J connectivity index is 1.73. The molecule has 2 aromatic rings. The third kappa shape index (κ3) is 5.05. The van der Waals surface area contributed by atoms with E-state index >= 15 is 0 Å². The van der Waals surface area contributed by atoms with E-state index in [1.165, 1.54) is 7.11 Å². The van der Waals surface area contributed by atoms with Gasteiger partial charge in [0.1, 0.15) is 0 Å². The Labute approximate surface area is 159 Å². The van der Waals surface area contributed by atoms with Crippen LogP contribution in [-0.4, -0.2) is 43.3 Å². The lowest BCUT2D eigenvalue weighted by molar-refractivity contribution is -0.117. The summed E-state index contributed by atoms with van der Waals surface area (Å²) in [5, 5.41) is 0. The van der Waals surface area contributed by atoms with E-state index in [4.69, 9.17) is 4.74 Å². The van der Waals surface area contributed by atoms with Gasteiger partial charge in [-0.05, 0) is 23.1 Å². The Morgan fingerprint density at radius 2 is 1.67 bits per heavy atom. The van der Waals surface area contributed by atoms with Crippen molar-refractivity contribution in [2.24, 2.45) is 0 Å². The molecular formula is C22H23NO4. The summed E-state index contributed by atoms with van der Waals surface area (Å²) in [6.45, 7) is 0.915. The summed E-state index contributed by atoms with van der Waals surface area (Å²) in [7, 11) is 1.26. The van der Waals surface area contributed by atoms with Crippen LogP contribution in [0.3, 0.4) is 0 Å². The van der Waals surface area contributed by atoms with Gasteiger partial charge in [0.25, 0.3) is 0 Å². The molecule has 1 saturated heterocycles. The molecule has 1 aliphatic heterocycles. The van der Waals surface area contributed by atoms with Crippen molar-refractivity contribution in [1.29, 1.82) is 0 Å². The van der Waals surface area contributed by atoms with Crippen molar-refractivity contribution in [3.05, 3.63) is 77.9 Å². The van der Waals surface area contributed by atoms with Gasteiger partial charge in [-0.1, -0.05) is 66.7 Å². The lowest BCUT2D eigenvalue weighted by Crippen LogP contribution is -2.34. The maximum Gasteiger partial charge on any atom is 0.509 e. The zero-order valence-corrected chi connectivity index (χ0v) is 15.3. The molecule has 0 aromatic heterocycles. The second-order valence-electron chi connectivity index (χ2n) is 6.38. The Kier molecular flexibility index (Phi) is 6.39. The Bertz CT molecular complexity index is 760. The first kappa shape index (κ1) is 18.9. The number of Topliss-reactive ketones (excluding diaryl/α,β-unsaturated/α-hetero) is 1. The summed E-state index contributed by atoms with van der Waals surface area (Å²) >= 11 is 0. The van der Waals surface area contributed by atoms with Crippen molar-refractivity contribution in [1.82, 2.24) is 4.90 Å². The highest BCUT2D eigenvalue weighted by Crippen LogP contribution is 2.24.